The van der Waals surface area contributed by atoms with Crippen molar-refractivity contribution in [3.63, 3.8) is 0 Å². The second-order valence-electron chi connectivity index (χ2n) is 6.64. The van der Waals surface area contributed by atoms with Crippen molar-refractivity contribution in [2.75, 3.05) is 43.4 Å². The smallest absolute Gasteiger partial charge is 0.189 e. The summed E-state index contributed by atoms with van der Waals surface area (Å²) in [6.07, 6.45) is 1.75. The Labute approximate surface area is 168 Å². The van der Waals surface area contributed by atoms with E-state index < -0.39 is 5.82 Å². The van der Waals surface area contributed by atoms with Gasteiger partial charge in [-0.3, -0.25) is 5.43 Å². The van der Waals surface area contributed by atoms with E-state index in [1.165, 1.54) is 6.07 Å². The van der Waals surface area contributed by atoms with Crippen molar-refractivity contribution in [1.82, 2.24) is 15.3 Å². The number of anilines is 2. The minimum atomic E-state index is -0.429. The summed E-state index contributed by atoms with van der Waals surface area (Å²) < 4.78 is 18.8. The molecule has 0 atom stereocenters. The summed E-state index contributed by atoms with van der Waals surface area (Å²) in [4.78, 5) is 8.47. The minimum Gasteiger partial charge on any atom is -0.491 e. The molecule has 28 heavy (non-hydrogen) atoms. The number of pyridine rings is 1. The van der Waals surface area contributed by atoms with Gasteiger partial charge in [0.15, 0.2) is 5.11 Å². The lowest BCUT2D eigenvalue weighted by Crippen LogP contribution is -2.51. The average Bonchev–Trinajstić information content (AvgIpc) is 2.72. The zero-order valence-corrected chi connectivity index (χ0v) is 16.1. The van der Waals surface area contributed by atoms with Crippen LogP contribution in [0, 0.1) is 5.82 Å². The molecule has 3 N–H and O–H groups in total. The number of fused-ring (bicyclic) bond motifs is 1. The number of nitrogens with two attached hydrogens (primary N) is 1. The first-order valence-electron chi connectivity index (χ1n) is 9.11. The molecule has 0 amide bonds. The minimum absolute atomic E-state index is 0.411. The maximum atomic E-state index is 13.3. The predicted molar refractivity (Wildman–Crippen MR) is 111 cm³/mol. The maximum absolute atomic E-state index is 13.3. The van der Waals surface area contributed by atoms with Crippen molar-refractivity contribution in [2.45, 2.75) is 6.42 Å². The first-order chi connectivity index (χ1) is 13.6. The molecule has 9 heteroatoms. The molecular formula is C19H21FN6OS. The number of thiocarbonyl (C=S) groups is 1. The van der Waals surface area contributed by atoms with E-state index in [9.17, 15) is 4.39 Å². The van der Waals surface area contributed by atoms with Crippen molar-refractivity contribution < 1.29 is 9.13 Å². The Kier molecular flexibility index (Phi) is 5.25. The quantitative estimate of drug-likeness (QED) is 0.453. The lowest BCUT2D eigenvalue weighted by atomic mass is 10.1. The van der Waals surface area contributed by atoms with Crippen LogP contribution in [0.2, 0.25) is 0 Å². The number of benzene rings is 1. The molecule has 146 valence electrons. The summed E-state index contributed by atoms with van der Waals surface area (Å²) >= 11 is 5.50. The fourth-order valence-electron chi connectivity index (χ4n) is 3.31. The largest absolute Gasteiger partial charge is 0.491 e. The van der Waals surface area contributed by atoms with Crippen LogP contribution >= 0.6 is 12.2 Å². The molecule has 0 saturated carbocycles. The van der Waals surface area contributed by atoms with E-state index in [0.717, 1.165) is 43.8 Å². The van der Waals surface area contributed by atoms with Crippen LogP contribution in [-0.4, -0.2) is 53.5 Å². The molecule has 2 aromatic rings. The van der Waals surface area contributed by atoms with Gasteiger partial charge in [0.2, 0.25) is 0 Å². The van der Waals surface area contributed by atoms with Crippen LogP contribution in [-0.2, 0) is 0 Å². The highest BCUT2D eigenvalue weighted by Gasteiger charge is 2.21. The summed E-state index contributed by atoms with van der Waals surface area (Å²) in [6, 6.07) is 9.22. The Balaban J connectivity index is 1.36. The molecule has 4 rings (SSSR count). The number of rotatable bonds is 2. The Hall–Kier alpha value is -2.94. The number of nitrogen functional groups attached to an aromatic ring is 1. The highest BCUT2D eigenvalue weighted by molar-refractivity contribution is 7.80. The third-order valence-electron chi connectivity index (χ3n) is 4.78. The number of hydrogen-bond donors (Lipinski definition) is 2. The van der Waals surface area contributed by atoms with E-state index >= 15 is 0 Å². The fourth-order valence-corrected chi connectivity index (χ4v) is 3.54. The molecule has 2 aliphatic heterocycles. The SMILES string of the molecule is Nc1cccc(N2CCN(C(=S)N/N=C3/CCOc4cc(F)cnc43)CC2)c1. The van der Waals surface area contributed by atoms with Crippen LogP contribution in [0.15, 0.2) is 41.6 Å². The molecule has 1 saturated heterocycles. The van der Waals surface area contributed by atoms with Crippen LogP contribution in [0.25, 0.3) is 0 Å². The Morgan fingerprint density at radius 2 is 2.07 bits per heavy atom. The van der Waals surface area contributed by atoms with E-state index in [-0.39, 0.29) is 0 Å². The second-order valence-corrected chi connectivity index (χ2v) is 7.03. The number of nitrogens with zero attached hydrogens (tertiary/aromatic N) is 4. The number of hydrazone groups is 1. The Bertz CT molecular complexity index is 913. The molecule has 0 unspecified atom stereocenters. The molecule has 7 nitrogen and oxygen atoms in total. The van der Waals surface area contributed by atoms with E-state index in [0.29, 0.717) is 35.3 Å². The van der Waals surface area contributed by atoms with Crippen molar-refractivity contribution in [3.05, 3.63) is 48.0 Å². The molecule has 0 radical (unpaired) electrons. The third kappa shape index (κ3) is 3.99. The number of nitrogens with one attached hydrogen (secondary N) is 1. The molecule has 1 aromatic heterocycles. The first kappa shape index (κ1) is 18.4. The van der Waals surface area contributed by atoms with E-state index in [1.807, 2.05) is 18.2 Å². The van der Waals surface area contributed by atoms with Gasteiger partial charge in [-0.25, -0.2) is 9.37 Å². The van der Waals surface area contributed by atoms with E-state index in [2.05, 4.69) is 31.4 Å². The molecule has 1 aromatic carbocycles. The fraction of sp³-hybridized carbons (Fsp3) is 0.316. The van der Waals surface area contributed by atoms with Crippen molar-refractivity contribution in [2.24, 2.45) is 5.10 Å². The van der Waals surface area contributed by atoms with Gasteiger partial charge in [0.25, 0.3) is 0 Å². The molecule has 2 aliphatic rings. The molecule has 0 aliphatic carbocycles. The number of hydrogen-bond acceptors (Lipinski definition) is 6. The van der Waals surface area contributed by atoms with Gasteiger partial charge in [0.1, 0.15) is 17.3 Å². The van der Waals surface area contributed by atoms with Crippen molar-refractivity contribution >= 4 is 34.4 Å². The average molecular weight is 400 g/mol. The summed E-state index contributed by atoms with van der Waals surface area (Å²) in [5.74, 6) is -0.0185. The van der Waals surface area contributed by atoms with Gasteiger partial charge in [-0.05, 0) is 30.4 Å². The zero-order chi connectivity index (χ0) is 19.5. The monoisotopic (exact) mass is 400 g/mol. The number of ether oxygens (including phenoxy) is 1. The highest BCUT2D eigenvalue weighted by Crippen LogP contribution is 2.23. The van der Waals surface area contributed by atoms with Crippen LogP contribution in [0.5, 0.6) is 5.75 Å². The summed E-state index contributed by atoms with van der Waals surface area (Å²) in [5, 5.41) is 4.97. The standard InChI is InChI=1S/C19H21FN6OS/c20-13-10-17-18(22-12-13)16(4-9-27-17)23-24-19(28)26-7-5-25(6-8-26)15-3-1-2-14(21)11-15/h1-3,10-12H,4-9,21H2,(H,24,28)/b23-16-. The predicted octanol–water partition coefficient (Wildman–Crippen LogP) is 1.99. The van der Waals surface area contributed by atoms with Crippen LogP contribution in [0.1, 0.15) is 12.1 Å². The normalized spacial score (nSPS) is 17.8. The summed E-state index contributed by atoms with van der Waals surface area (Å²) in [5.41, 5.74) is 12.0. The van der Waals surface area contributed by atoms with Gasteiger partial charge in [-0.15, -0.1) is 0 Å². The first-order valence-corrected chi connectivity index (χ1v) is 9.51. The van der Waals surface area contributed by atoms with Gasteiger partial charge in [0.05, 0.1) is 18.5 Å². The summed E-state index contributed by atoms with van der Waals surface area (Å²) in [6.45, 7) is 3.70. The van der Waals surface area contributed by atoms with E-state index in [1.54, 1.807) is 0 Å². The second kappa shape index (κ2) is 7.97. The van der Waals surface area contributed by atoms with Crippen molar-refractivity contribution in [3.8, 4) is 5.75 Å². The van der Waals surface area contributed by atoms with E-state index in [4.69, 9.17) is 22.7 Å². The van der Waals surface area contributed by atoms with Crippen LogP contribution in [0.4, 0.5) is 15.8 Å². The van der Waals surface area contributed by atoms with Crippen molar-refractivity contribution in [1.29, 1.82) is 0 Å². The molecular weight excluding hydrogens is 379 g/mol. The highest BCUT2D eigenvalue weighted by atomic mass is 32.1. The third-order valence-corrected chi connectivity index (χ3v) is 5.13. The topological polar surface area (TPSA) is 79.0 Å². The van der Waals surface area contributed by atoms with Gasteiger partial charge < -0.3 is 20.3 Å². The number of piperazine rings is 1. The van der Waals surface area contributed by atoms with Gasteiger partial charge >= 0.3 is 0 Å². The number of aromatic nitrogens is 1. The maximum Gasteiger partial charge on any atom is 0.189 e. The zero-order valence-electron chi connectivity index (χ0n) is 15.3. The van der Waals surface area contributed by atoms with Gasteiger partial charge in [0, 0.05) is 50.0 Å². The van der Waals surface area contributed by atoms with Crippen LogP contribution in [0.3, 0.4) is 0 Å². The lowest BCUT2D eigenvalue weighted by molar-refractivity contribution is 0.316. The summed E-state index contributed by atoms with van der Waals surface area (Å²) in [7, 11) is 0. The lowest BCUT2D eigenvalue weighted by Gasteiger charge is -2.37. The Morgan fingerprint density at radius 1 is 1.25 bits per heavy atom. The molecule has 0 bridgehead atoms. The number of halogens is 1. The van der Waals surface area contributed by atoms with Gasteiger partial charge in [-0.2, -0.15) is 5.10 Å². The van der Waals surface area contributed by atoms with Crippen LogP contribution < -0.4 is 20.8 Å². The Morgan fingerprint density at radius 3 is 2.86 bits per heavy atom. The molecule has 3 heterocycles. The molecule has 1 fully saturated rings. The van der Waals surface area contributed by atoms with Gasteiger partial charge in [-0.1, -0.05) is 6.07 Å². The molecule has 0 spiro atoms.